The van der Waals surface area contributed by atoms with Crippen molar-refractivity contribution in [2.24, 2.45) is 5.16 Å². The second-order valence-electron chi connectivity index (χ2n) is 10.4. The van der Waals surface area contributed by atoms with E-state index in [1.807, 2.05) is 26.8 Å². The fourth-order valence-electron chi connectivity index (χ4n) is 4.43. The highest BCUT2D eigenvalue weighted by molar-refractivity contribution is 6.31. The zero-order chi connectivity index (χ0) is 29.7. The van der Waals surface area contributed by atoms with Crippen LogP contribution in [0.25, 0.3) is 11.1 Å². The lowest BCUT2D eigenvalue weighted by molar-refractivity contribution is -0.120. The summed E-state index contributed by atoms with van der Waals surface area (Å²) in [6, 6.07) is 11.5. The minimum absolute atomic E-state index is 0.0881. The average Bonchev–Trinajstić information content (AvgIpc) is 3.46. The third-order valence-corrected chi connectivity index (χ3v) is 6.65. The molecule has 0 radical (unpaired) electrons. The summed E-state index contributed by atoms with van der Waals surface area (Å²) in [5.41, 5.74) is 2.23. The summed E-state index contributed by atoms with van der Waals surface area (Å²) < 4.78 is 12.9. The first kappa shape index (κ1) is 29.8. The number of aromatic nitrogens is 1. The van der Waals surface area contributed by atoms with E-state index in [1.165, 1.54) is 48.2 Å². The summed E-state index contributed by atoms with van der Waals surface area (Å²) in [5.74, 6) is -1.19. The molecule has 0 bridgehead atoms. The topological polar surface area (TPSA) is 128 Å². The number of methoxy groups -OCH3 is 1. The summed E-state index contributed by atoms with van der Waals surface area (Å²) in [5, 5.41) is 16.5. The minimum Gasteiger partial charge on any atom is -0.495 e. The van der Waals surface area contributed by atoms with Gasteiger partial charge in [0.2, 0.25) is 5.91 Å². The summed E-state index contributed by atoms with van der Waals surface area (Å²) >= 11 is 6.34. The number of benzene rings is 2. The Morgan fingerprint density at radius 3 is 2.46 bits per heavy atom. The number of hydrogen-bond acceptors (Lipinski definition) is 7. The van der Waals surface area contributed by atoms with E-state index >= 15 is 0 Å². The molecule has 2 aromatic carbocycles. The lowest BCUT2D eigenvalue weighted by atomic mass is 9.95. The van der Waals surface area contributed by atoms with E-state index in [9.17, 15) is 14.4 Å². The molecule has 4 rings (SSSR count). The number of carboxylic acid groups (broad SMARTS) is 1. The zero-order valence-electron chi connectivity index (χ0n) is 23.3. The van der Waals surface area contributed by atoms with Gasteiger partial charge >= 0.3 is 5.97 Å². The second kappa shape index (κ2) is 12.6. The Morgan fingerprint density at radius 2 is 1.85 bits per heavy atom. The van der Waals surface area contributed by atoms with Crippen LogP contribution in [0.4, 0.5) is 5.69 Å². The highest BCUT2D eigenvalue weighted by Gasteiger charge is 2.26. The maximum Gasteiger partial charge on any atom is 0.335 e. The molecule has 2 heterocycles. The number of anilines is 1. The van der Waals surface area contributed by atoms with Gasteiger partial charge in [-0.15, -0.1) is 0 Å². The van der Waals surface area contributed by atoms with Gasteiger partial charge in [0.15, 0.2) is 0 Å². The van der Waals surface area contributed by atoms with Crippen molar-refractivity contribution in [3.05, 3.63) is 81.2 Å². The van der Waals surface area contributed by atoms with Crippen LogP contribution >= 0.6 is 11.6 Å². The Bertz CT molecular complexity index is 1520. The maximum absolute atomic E-state index is 13.6. The summed E-state index contributed by atoms with van der Waals surface area (Å²) in [6.07, 6.45) is 2.30. The van der Waals surface area contributed by atoms with Crippen LogP contribution in [0.2, 0.25) is 5.02 Å². The van der Waals surface area contributed by atoms with Crippen LogP contribution in [0.1, 0.15) is 55.6 Å². The molecule has 1 aromatic heterocycles. The van der Waals surface area contributed by atoms with E-state index in [1.54, 1.807) is 12.1 Å². The van der Waals surface area contributed by atoms with Crippen LogP contribution < -0.4 is 15.6 Å². The standard InChI is InChI=1S/C30H32ClN3O7/c1-30(2,3)40-13-12-25(28(36)32-20-8-5-18(6-9-20)29(37)38)34-17-26(39-4)23(16-27(34)35)22-15-19(31)7-10-21(22)24-11-14-41-33-24/h5-10,15-17,25H,11-14H2,1-4H3,(H,32,36)(H,37,38). The van der Waals surface area contributed by atoms with E-state index in [4.69, 9.17) is 31.0 Å². The smallest absolute Gasteiger partial charge is 0.335 e. The lowest BCUT2D eigenvalue weighted by Crippen LogP contribution is -2.34. The monoisotopic (exact) mass is 581 g/mol. The molecule has 0 aliphatic carbocycles. The van der Waals surface area contributed by atoms with Gasteiger partial charge < -0.3 is 24.7 Å². The number of aromatic carboxylic acids is 1. The van der Waals surface area contributed by atoms with Crippen molar-refractivity contribution in [1.29, 1.82) is 0 Å². The van der Waals surface area contributed by atoms with Crippen LogP contribution in [0.15, 0.2) is 64.7 Å². The molecule has 1 amide bonds. The number of nitrogens with one attached hydrogen (secondary N) is 1. The predicted octanol–water partition coefficient (Wildman–Crippen LogP) is 5.38. The van der Waals surface area contributed by atoms with Gasteiger partial charge in [0, 0.05) is 47.4 Å². The van der Waals surface area contributed by atoms with Gasteiger partial charge in [0.05, 0.1) is 30.2 Å². The molecular weight excluding hydrogens is 550 g/mol. The van der Waals surface area contributed by atoms with Crippen molar-refractivity contribution in [2.45, 2.75) is 45.3 Å². The molecule has 1 aliphatic rings. The lowest BCUT2D eigenvalue weighted by Gasteiger charge is -2.24. The van der Waals surface area contributed by atoms with Crippen molar-refractivity contribution in [1.82, 2.24) is 4.57 Å². The van der Waals surface area contributed by atoms with Crippen LogP contribution in [0.3, 0.4) is 0 Å². The number of pyridine rings is 1. The molecule has 41 heavy (non-hydrogen) atoms. The molecule has 10 nitrogen and oxygen atoms in total. The first-order chi connectivity index (χ1) is 19.5. The fraction of sp³-hybridized carbons (Fsp3) is 0.333. The van der Waals surface area contributed by atoms with Gasteiger partial charge in [-0.25, -0.2) is 4.79 Å². The molecule has 1 unspecified atom stereocenters. The third-order valence-electron chi connectivity index (χ3n) is 6.42. The first-order valence-corrected chi connectivity index (χ1v) is 13.4. The molecule has 2 N–H and O–H groups in total. The van der Waals surface area contributed by atoms with Crippen molar-refractivity contribution in [2.75, 3.05) is 25.6 Å². The summed E-state index contributed by atoms with van der Waals surface area (Å²) in [6.45, 7) is 6.37. The van der Waals surface area contributed by atoms with Crippen LogP contribution in [0, 0.1) is 0 Å². The van der Waals surface area contributed by atoms with Gasteiger partial charge in [-0.2, -0.15) is 0 Å². The highest BCUT2D eigenvalue weighted by atomic mass is 35.5. The number of carbonyl (C=O) groups excluding carboxylic acids is 1. The molecule has 216 valence electrons. The fourth-order valence-corrected chi connectivity index (χ4v) is 4.60. The van der Waals surface area contributed by atoms with E-state index in [0.717, 1.165) is 11.3 Å². The average molecular weight is 582 g/mol. The highest BCUT2D eigenvalue weighted by Crippen LogP contribution is 2.35. The van der Waals surface area contributed by atoms with Crippen molar-refractivity contribution in [3.8, 4) is 16.9 Å². The van der Waals surface area contributed by atoms with Crippen LogP contribution in [-0.4, -0.2) is 53.2 Å². The normalized spacial score (nSPS) is 13.7. The van der Waals surface area contributed by atoms with E-state index in [-0.39, 0.29) is 18.6 Å². The third kappa shape index (κ3) is 7.33. The summed E-state index contributed by atoms with van der Waals surface area (Å²) in [7, 11) is 1.48. The number of rotatable bonds is 10. The number of carbonyl (C=O) groups is 2. The largest absolute Gasteiger partial charge is 0.495 e. The Morgan fingerprint density at radius 1 is 1.12 bits per heavy atom. The number of ether oxygens (including phenoxy) is 2. The number of nitrogens with zero attached hydrogens (tertiary/aromatic N) is 2. The molecule has 0 saturated carbocycles. The van der Waals surface area contributed by atoms with E-state index in [0.29, 0.717) is 40.6 Å². The van der Waals surface area contributed by atoms with Gasteiger partial charge in [-0.05, 0) is 62.7 Å². The SMILES string of the molecule is COc1cn(C(CCOC(C)(C)C)C(=O)Nc2ccc(C(=O)O)cc2)c(=O)cc1-c1cc(Cl)ccc1C1=NOCC1. The van der Waals surface area contributed by atoms with Crippen LogP contribution in [0.5, 0.6) is 5.75 Å². The Balaban J connectivity index is 1.73. The number of carboxylic acids is 1. The Hall–Kier alpha value is -4.15. The zero-order valence-corrected chi connectivity index (χ0v) is 24.0. The Kier molecular flexibility index (Phi) is 9.14. The molecule has 1 atom stereocenters. The molecule has 11 heteroatoms. The number of halogens is 1. The van der Waals surface area contributed by atoms with E-state index in [2.05, 4.69) is 10.5 Å². The molecule has 0 fully saturated rings. The molecule has 0 saturated heterocycles. The molecule has 3 aromatic rings. The summed E-state index contributed by atoms with van der Waals surface area (Å²) in [4.78, 5) is 43.5. The molecular formula is C30H32ClN3O7. The quantitative estimate of drug-likeness (QED) is 0.329. The minimum atomic E-state index is -1.07. The number of hydrogen-bond donors (Lipinski definition) is 2. The number of amides is 1. The number of oxime groups is 1. The van der Waals surface area contributed by atoms with Crippen LogP contribution in [-0.2, 0) is 14.4 Å². The van der Waals surface area contributed by atoms with Crippen molar-refractivity contribution in [3.63, 3.8) is 0 Å². The van der Waals surface area contributed by atoms with Crippen molar-refractivity contribution >= 4 is 34.9 Å². The van der Waals surface area contributed by atoms with Gasteiger partial charge in [0.1, 0.15) is 18.4 Å². The van der Waals surface area contributed by atoms with Gasteiger partial charge in [-0.3, -0.25) is 14.2 Å². The Labute approximate surface area is 242 Å². The predicted molar refractivity (Wildman–Crippen MR) is 156 cm³/mol. The van der Waals surface area contributed by atoms with Gasteiger partial charge in [-0.1, -0.05) is 22.8 Å². The van der Waals surface area contributed by atoms with Gasteiger partial charge in [0.25, 0.3) is 5.56 Å². The van der Waals surface area contributed by atoms with E-state index < -0.39 is 29.1 Å². The van der Waals surface area contributed by atoms with Crippen molar-refractivity contribution < 1.29 is 29.0 Å². The molecule has 0 spiro atoms. The first-order valence-electron chi connectivity index (χ1n) is 13.0. The second-order valence-corrected chi connectivity index (χ2v) is 10.9. The molecule has 1 aliphatic heterocycles. The maximum atomic E-state index is 13.6.